The highest BCUT2D eigenvalue weighted by Crippen LogP contribution is 2.59. The molecule has 134 valence electrons. The summed E-state index contributed by atoms with van der Waals surface area (Å²) in [5, 5.41) is 3.22. The van der Waals surface area contributed by atoms with E-state index in [-0.39, 0.29) is 22.4 Å². The number of nitrogens with one attached hydrogen (secondary N) is 2. The summed E-state index contributed by atoms with van der Waals surface area (Å²) in [7, 11) is 0. The quantitative estimate of drug-likeness (QED) is 0.849. The number of amides is 1. The molecule has 1 saturated heterocycles. The smallest absolute Gasteiger partial charge is 0.263 e. The standard InChI is InChI=1S/C19H26N4O2/c24-16-15(17(25)23-3-1-20-2-4-23)11-21-18(22-16)19-8-12-5-13(9-19)7-14(6-12)10-19/h11-14,20H,1-10H2,(H,21,22,24). The van der Waals surface area contributed by atoms with Gasteiger partial charge in [-0.05, 0) is 56.3 Å². The lowest BCUT2D eigenvalue weighted by Gasteiger charge is -2.56. The monoisotopic (exact) mass is 342 g/mol. The molecule has 4 aliphatic carbocycles. The van der Waals surface area contributed by atoms with Gasteiger partial charge >= 0.3 is 0 Å². The number of carbonyl (C=O) groups is 1. The molecule has 5 fully saturated rings. The molecule has 1 aromatic heterocycles. The normalized spacial score (nSPS) is 36.6. The fourth-order valence-electron chi connectivity index (χ4n) is 6.26. The molecular weight excluding hydrogens is 316 g/mol. The van der Waals surface area contributed by atoms with Crippen LogP contribution in [-0.4, -0.2) is 47.0 Å². The number of aromatic amines is 1. The van der Waals surface area contributed by atoms with E-state index in [4.69, 9.17) is 0 Å². The Bertz CT molecular complexity index is 715. The van der Waals surface area contributed by atoms with Crippen LogP contribution in [0.4, 0.5) is 0 Å². The minimum Gasteiger partial charge on any atom is -0.336 e. The summed E-state index contributed by atoms with van der Waals surface area (Å²) in [6, 6.07) is 0. The molecule has 2 N–H and O–H groups in total. The van der Waals surface area contributed by atoms with Crippen LogP contribution in [0.25, 0.3) is 0 Å². The topological polar surface area (TPSA) is 78.1 Å². The van der Waals surface area contributed by atoms with E-state index in [0.717, 1.165) is 55.9 Å². The molecule has 1 aromatic rings. The first-order valence-corrected chi connectivity index (χ1v) is 9.73. The van der Waals surface area contributed by atoms with E-state index in [0.29, 0.717) is 13.1 Å². The van der Waals surface area contributed by atoms with Crippen molar-refractivity contribution in [3.63, 3.8) is 0 Å². The summed E-state index contributed by atoms with van der Waals surface area (Å²) >= 11 is 0. The van der Waals surface area contributed by atoms with Crippen LogP contribution in [-0.2, 0) is 5.41 Å². The minimum absolute atomic E-state index is 0.0601. The number of nitrogens with zero attached hydrogens (tertiary/aromatic N) is 2. The van der Waals surface area contributed by atoms with Crippen molar-refractivity contribution < 1.29 is 4.79 Å². The van der Waals surface area contributed by atoms with E-state index in [1.54, 1.807) is 4.90 Å². The Labute approximate surface area is 147 Å². The van der Waals surface area contributed by atoms with Gasteiger partial charge in [0.05, 0.1) is 0 Å². The van der Waals surface area contributed by atoms with Crippen LogP contribution in [0, 0.1) is 17.8 Å². The average molecular weight is 342 g/mol. The molecule has 6 nitrogen and oxygen atoms in total. The number of hydrogen-bond donors (Lipinski definition) is 2. The number of hydrogen-bond acceptors (Lipinski definition) is 4. The lowest BCUT2D eigenvalue weighted by atomic mass is 9.49. The zero-order chi connectivity index (χ0) is 17.0. The van der Waals surface area contributed by atoms with Gasteiger partial charge in [0.2, 0.25) is 0 Å². The molecule has 0 aromatic carbocycles. The highest BCUT2D eigenvalue weighted by Gasteiger charge is 2.52. The number of piperazine rings is 1. The second kappa shape index (κ2) is 5.66. The van der Waals surface area contributed by atoms with Crippen molar-refractivity contribution in [3.8, 4) is 0 Å². The van der Waals surface area contributed by atoms with Gasteiger partial charge < -0.3 is 15.2 Å². The van der Waals surface area contributed by atoms with Crippen LogP contribution >= 0.6 is 0 Å². The van der Waals surface area contributed by atoms with E-state index >= 15 is 0 Å². The van der Waals surface area contributed by atoms with E-state index in [1.807, 2.05) is 0 Å². The van der Waals surface area contributed by atoms with Gasteiger partial charge in [0.25, 0.3) is 11.5 Å². The molecule has 0 spiro atoms. The third-order valence-corrected chi connectivity index (χ3v) is 6.97. The summed E-state index contributed by atoms with van der Waals surface area (Å²) in [6.45, 7) is 2.86. The van der Waals surface area contributed by atoms with Crippen LogP contribution < -0.4 is 10.9 Å². The van der Waals surface area contributed by atoms with Gasteiger partial charge in [0.15, 0.2) is 0 Å². The fourth-order valence-corrected chi connectivity index (χ4v) is 6.26. The predicted octanol–water partition coefficient (Wildman–Crippen LogP) is 1.28. The van der Waals surface area contributed by atoms with Gasteiger partial charge in [-0.25, -0.2) is 4.98 Å². The van der Waals surface area contributed by atoms with Crippen molar-refractivity contribution in [2.75, 3.05) is 26.2 Å². The fraction of sp³-hybridized carbons (Fsp3) is 0.737. The van der Waals surface area contributed by atoms with Crippen LogP contribution in [0.5, 0.6) is 0 Å². The average Bonchev–Trinajstić information content (AvgIpc) is 2.61. The molecule has 1 amide bonds. The Balaban J connectivity index is 1.44. The van der Waals surface area contributed by atoms with Gasteiger partial charge in [0, 0.05) is 37.8 Å². The first-order valence-electron chi connectivity index (χ1n) is 9.73. The van der Waals surface area contributed by atoms with Gasteiger partial charge in [-0.3, -0.25) is 9.59 Å². The van der Waals surface area contributed by atoms with Crippen LogP contribution in [0.15, 0.2) is 11.0 Å². The van der Waals surface area contributed by atoms with Crippen molar-refractivity contribution in [3.05, 3.63) is 27.9 Å². The maximum absolute atomic E-state index is 12.7. The van der Waals surface area contributed by atoms with Gasteiger partial charge in [-0.2, -0.15) is 0 Å². The SMILES string of the molecule is O=C(c1cnc(C23CC4CC(CC(C4)C2)C3)[nH]c1=O)N1CCNCC1. The van der Waals surface area contributed by atoms with Crippen molar-refractivity contribution in [1.29, 1.82) is 0 Å². The number of aromatic nitrogens is 2. The van der Waals surface area contributed by atoms with Gasteiger partial charge in [-0.15, -0.1) is 0 Å². The number of rotatable bonds is 2. The molecule has 6 heteroatoms. The Kier molecular flexibility index (Phi) is 3.52. The zero-order valence-corrected chi connectivity index (χ0v) is 14.6. The largest absolute Gasteiger partial charge is 0.336 e. The van der Waals surface area contributed by atoms with E-state index in [9.17, 15) is 9.59 Å². The first kappa shape index (κ1) is 15.6. The third kappa shape index (κ3) is 2.53. The molecule has 1 aliphatic heterocycles. The summed E-state index contributed by atoms with van der Waals surface area (Å²) in [4.78, 5) is 34.7. The Morgan fingerprint density at radius 2 is 1.68 bits per heavy atom. The second-order valence-electron chi connectivity index (χ2n) is 8.71. The molecular formula is C19H26N4O2. The minimum atomic E-state index is -0.260. The molecule has 6 rings (SSSR count). The summed E-state index contributed by atoms with van der Waals surface area (Å²) in [5.74, 6) is 3.07. The summed E-state index contributed by atoms with van der Waals surface area (Å²) in [5.41, 5.74) is -0.00971. The van der Waals surface area contributed by atoms with Crippen molar-refractivity contribution >= 4 is 5.91 Å². The maximum Gasteiger partial charge on any atom is 0.263 e. The zero-order valence-electron chi connectivity index (χ0n) is 14.6. The van der Waals surface area contributed by atoms with Crippen LogP contribution in [0.2, 0.25) is 0 Å². The molecule has 0 radical (unpaired) electrons. The van der Waals surface area contributed by atoms with E-state index in [2.05, 4.69) is 15.3 Å². The van der Waals surface area contributed by atoms with Crippen LogP contribution in [0.1, 0.15) is 54.7 Å². The van der Waals surface area contributed by atoms with Crippen molar-refractivity contribution in [2.45, 2.75) is 43.9 Å². The molecule has 5 aliphatic rings. The van der Waals surface area contributed by atoms with E-state index in [1.165, 1.54) is 25.5 Å². The summed E-state index contributed by atoms with van der Waals surface area (Å²) < 4.78 is 0. The molecule has 2 heterocycles. The number of carbonyl (C=O) groups excluding carboxylic acids is 1. The molecule has 4 saturated carbocycles. The summed E-state index contributed by atoms with van der Waals surface area (Å²) in [6.07, 6.45) is 9.11. The van der Waals surface area contributed by atoms with Crippen LogP contribution in [0.3, 0.4) is 0 Å². The highest BCUT2D eigenvalue weighted by atomic mass is 16.2. The molecule has 0 unspecified atom stereocenters. The Morgan fingerprint density at radius 1 is 1.08 bits per heavy atom. The lowest BCUT2D eigenvalue weighted by Crippen LogP contribution is -2.50. The third-order valence-electron chi connectivity index (χ3n) is 6.97. The molecule has 25 heavy (non-hydrogen) atoms. The molecule has 4 bridgehead atoms. The van der Waals surface area contributed by atoms with Gasteiger partial charge in [0.1, 0.15) is 11.4 Å². The van der Waals surface area contributed by atoms with Crippen molar-refractivity contribution in [1.82, 2.24) is 20.2 Å². The molecule has 0 atom stereocenters. The highest BCUT2D eigenvalue weighted by molar-refractivity contribution is 5.93. The first-order chi connectivity index (χ1) is 12.1. The number of H-pyrrole nitrogens is 1. The van der Waals surface area contributed by atoms with Gasteiger partial charge in [-0.1, -0.05) is 0 Å². The Hall–Kier alpha value is -1.69. The van der Waals surface area contributed by atoms with E-state index < -0.39 is 0 Å². The maximum atomic E-state index is 12.7. The second-order valence-corrected chi connectivity index (χ2v) is 8.71. The predicted molar refractivity (Wildman–Crippen MR) is 93.5 cm³/mol. The Morgan fingerprint density at radius 3 is 2.24 bits per heavy atom. The van der Waals surface area contributed by atoms with Crippen molar-refractivity contribution in [2.24, 2.45) is 17.8 Å². The lowest BCUT2D eigenvalue weighted by molar-refractivity contribution is -0.00955.